The van der Waals surface area contributed by atoms with Gasteiger partial charge in [0.1, 0.15) is 5.75 Å². The lowest BCUT2D eigenvalue weighted by molar-refractivity contribution is -0.115. The van der Waals surface area contributed by atoms with Crippen molar-refractivity contribution in [3.8, 4) is 5.75 Å². The maximum atomic E-state index is 12.7. The standard InChI is InChI=1S/C24H21ClN2O2/c1-29-23-9-5-3-7-21(23)26-24(28)14-18-16-27(22-8-4-2-6-20(18)22)15-17-10-12-19(25)13-11-17/h2-13,16H,14-15H2,1H3,(H,26,28). The number of ether oxygens (including phenoxy) is 1. The molecule has 0 aliphatic carbocycles. The van der Waals surface area contributed by atoms with Crippen molar-refractivity contribution in [2.45, 2.75) is 13.0 Å². The van der Waals surface area contributed by atoms with Crippen LogP contribution in [0, 0.1) is 0 Å². The van der Waals surface area contributed by atoms with Crippen LogP contribution in [0.25, 0.3) is 10.9 Å². The molecule has 1 aromatic heterocycles. The highest BCUT2D eigenvalue weighted by atomic mass is 35.5. The Kier molecular flexibility index (Phi) is 5.54. The number of carbonyl (C=O) groups excluding carboxylic acids is 1. The lowest BCUT2D eigenvalue weighted by atomic mass is 10.1. The van der Waals surface area contributed by atoms with Gasteiger partial charge in [0, 0.05) is 28.7 Å². The molecule has 1 amide bonds. The topological polar surface area (TPSA) is 43.3 Å². The van der Waals surface area contributed by atoms with Gasteiger partial charge in [0.2, 0.25) is 5.91 Å². The molecule has 0 saturated carbocycles. The third-order valence-electron chi connectivity index (χ3n) is 4.87. The number of methoxy groups -OCH3 is 1. The molecular formula is C24H21ClN2O2. The zero-order valence-corrected chi connectivity index (χ0v) is 16.8. The molecule has 1 N–H and O–H groups in total. The minimum atomic E-state index is -0.0797. The molecule has 4 aromatic rings. The van der Waals surface area contributed by atoms with Gasteiger partial charge in [0.25, 0.3) is 0 Å². The molecule has 3 aromatic carbocycles. The van der Waals surface area contributed by atoms with Crippen LogP contribution >= 0.6 is 11.6 Å². The van der Waals surface area contributed by atoms with Crippen LogP contribution in [0.5, 0.6) is 5.75 Å². The summed E-state index contributed by atoms with van der Waals surface area (Å²) < 4.78 is 7.49. The summed E-state index contributed by atoms with van der Waals surface area (Å²) in [6, 6.07) is 23.4. The second-order valence-corrected chi connectivity index (χ2v) is 7.29. The molecule has 0 aliphatic rings. The minimum Gasteiger partial charge on any atom is -0.495 e. The van der Waals surface area contributed by atoms with Gasteiger partial charge in [-0.3, -0.25) is 4.79 Å². The molecule has 0 atom stereocenters. The van der Waals surface area contributed by atoms with Crippen molar-refractivity contribution < 1.29 is 9.53 Å². The lowest BCUT2D eigenvalue weighted by Crippen LogP contribution is -2.14. The number of anilines is 1. The van der Waals surface area contributed by atoms with E-state index in [4.69, 9.17) is 16.3 Å². The number of hydrogen-bond donors (Lipinski definition) is 1. The predicted octanol–water partition coefficient (Wildman–Crippen LogP) is 5.53. The van der Waals surface area contributed by atoms with E-state index >= 15 is 0 Å². The van der Waals surface area contributed by atoms with E-state index in [0.29, 0.717) is 18.0 Å². The number of amides is 1. The lowest BCUT2D eigenvalue weighted by Gasteiger charge is -2.09. The van der Waals surface area contributed by atoms with Crippen LogP contribution in [-0.4, -0.2) is 17.6 Å². The van der Waals surface area contributed by atoms with Crippen molar-refractivity contribution >= 4 is 34.1 Å². The molecule has 0 unspecified atom stereocenters. The van der Waals surface area contributed by atoms with Crippen molar-refractivity contribution in [2.24, 2.45) is 0 Å². The Hall–Kier alpha value is -3.24. The Morgan fingerprint density at radius 3 is 2.52 bits per heavy atom. The predicted molar refractivity (Wildman–Crippen MR) is 118 cm³/mol. The van der Waals surface area contributed by atoms with Crippen molar-refractivity contribution in [1.29, 1.82) is 0 Å². The second kappa shape index (κ2) is 8.41. The fourth-order valence-corrected chi connectivity index (χ4v) is 3.62. The van der Waals surface area contributed by atoms with E-state index in [9.17, 15) is 4.79 Å². The van der Waals surface area contributed by atoms with Crippen LogP contribution in [0.4, 0.5) is 5.69 Å². The van der Waals surface area contributed by atoms with Crippen molar-refractivity contribution in [3.63, 3.8) is 0 Å². The van der Waals surface area contributed by atoms with Gasteiger partial charge < -0.3 is 14.6 Å². The molecule has 5 heteroatoms. The highest BCUT2D eigenvalue weighted by Crippen LogP contribution is 2.26. The first-order chi connectivity index (χ1) is 14.1. The zero-order valence-electron chi connectivity index (χ0n) is 16.1. The van der Waals surface area contributed by atoms with Crippen LogP contribution in [-0.2, 0) is 17.8 Å². The first kappa shape index (κ1) is 19.1. The summed E-state index contributed by atoms with van der Waals surface area (Å²) >= 11 is 6.00. The molecule has 1 heterocycles. The summed E-state index contributed by atoms with van der Waals surface area (Å²) in [5.74, 6) is 0.565. The molecule has 29 heavy (non-hydrogen) atoms. The van der Waals surface area contributed by atoms with Crippen LogP contribution in [0.1, 0.15) is 11.1 Å². The number of nitrogens with one attached hydrogen (secondary N) is 1. The van der Waals surface area contributed by atoms with Gasteiger partial charge in [0.15, 0.2) is 0 Å². The van der Waals surface area contributed by atoms with Gasteiger partial charge in [-0.05, 0) is 41.5 Å². The zero-order chi connectivity index (χ0) is 20.2. The average molecular weight is 405 g/mol. The quantitative estimate of drug-likeness (QED) is 0.459. The fraction of sp³-hybridized carbons (Fsp3) is 0.125. The average Bonchev–Trinajstić information content (AvgIpc) is 3.07. The third kappa shape index (κ3) is 4.28. The Morgan fingerprint density at radius 2 is 1.72 bits per heavy atom. The van der Waals surface area contributed by atoms with E-state index in [-0.39, 0.29) is 12.3 Å². The van der Waals surface area contributed by atoms with Crippen molar-refractivity contribution in [1.82, 2.24) is 4.57 Å². The number of nitrogens with zero attached hydrogens (tertiary/aromatic N) is 1. The van der Waals surface area contributed by atoms with Crippen LogP contribution < -0.4 is 10.1 Å². The molecule has 146 valence electrons. The first-order valence-electron chi connectivity index (χ1n) is 9.38. The van der Waals surface area contributed by atoms with Crippen molar-refractivity contribution in [2.75, 3.05) is 12.4 Å². The number of aromatic nitrogens is 1. The maximum Gasteiger partial charge on any atom is 0.228 e. The molecular weight excluding hydrogens is 384 g/mol. The number of halogens is 1. The monoisotopic (exact) mass is 404 g/mol. The van der Waals surface area contributed by atoms with Crippen LogP contribution in [0.3, 0.4) is 0 Å². The molecule has 4 nitrogen and oxygen atoms in total. The van der Waals surface area contributed by atoms with Gasteiger partial charge in [-0.25, -0.2) is 0 Å². The van der Waals surface area contributed by atoms with E-state index in [1.54, 1.807) is 7.11 Å². The molecule has 0 aliphatic heterocycles. The first-order valence-corrected chi connectivity index (χ1v) is 9.76. The third-order valence-corrected chi connectivity index (χ3v) is 5.12. The molecule has 0 fully saturated rings. The number of benzene rings is 3. The molecule has 0 bridgehead atoms. The van der Waals surface area contributed by atoms with Gasteiger partial charge in [-0.1, -0.05) is 54.1 Å². The van der Waals surface area contributed by atoms with Gasteiger partial charge in [-0.15, -0.1) is 0 Å². The summed E-state index contributed by atoms with van der Waals surface area (Å²) in [5, 5.41) is 4.75. The number of para-hydroxylation sites is 3. The van der Waals surface area contributed by atoms with E-state index in [0.717, 1.165) is 27.1 Å². The summed E-state index contributed by atoms with van der Waals surface area (Å²) in [6.07, 6.45) is 2.34. The van der Waals surface area contributed by atoms with Gasteiger partial charge in [-0.2, -0.15) is 0 Å². The Morgan fingerprint density at radius 1 is 1.00 bits per heavy atom. The fourth-order valence-electron chi connectivity index (χ4n) is 3.50. The van der Waals surface area contributed by atoms with Gasteiger partial charge in [0.05, 0.1) is 19.2 Å². The normalized spacial score (nSPS) is 10.8. The SMILES string of the molecule is COc1ccccc1NC(=O)Cc1cn(Cc2ccc(Cl)cc2)c2ccccc12. The molecule has 4 rings (SSSR count). The minimum absolute atomic E-state index is 0.0797. The second-order valence-electron chi connectivity index (χ2n) is 6.85. The molecule has 0 radical (unpaired) electrons. The summed E-state index contributed by atoms with van der Waals surface area (Å²) in [6.45, 7) is 0.714. The van der Waals surface area contributed by atoms with Gasteiger partial charge >= 0.3 is 0 Å². The van der Waals surface area contributed by atoms with E-state index < -0.39 is 0 Å². The highest BCUT2D eigenvalue weighted by Gasteiger charge is 2.13. The van der Waals surface area contributed by atoms with Crippen LogP contribution in [0.2, 0.25) is 5.02 Å². The van der Waals surface area contributed by atoms with E-state index in [2.05, 4.69) is 28.2 Å². The Balaban J connectivity index is 1.59. The number of hydrogen-bond acceptors (Lipinski definition) is 2. The highest BCUT2D eigenvalue weighted by molar-refractivity contribution is 6.30. The largest absolute Gasteiger partial charge is 0.495 e. The molecule has 0 saturated heterocycles. The van der Waals surface area contributed by atoms with E-state index in [1.807, 2.05) is 60.7 Å². The van der Waals surface area contributed by atoms with Crippen LogP contribution in [0.15, 0.2) is 79.0 Å². The Bertz CT molecular complexity index is 1150. The van der Waals surface area contributed by atoms with E-state index in [1.165, 1.54) is 0 Å². The number of fused-ring (bicyclic) bond motifs is 1. The smallest absolute Gasteiger partial charge is 0.228 e. The maximum absolute atomic E-state index is 12.7. The summed E-state index contributed by atoms with van der Waals surface area (Å²) in [7, 11) is 1.59. The Labute approximate surface area is 174 Å². The summed E-state index contributed by atoms with van der Waals surface area (Å²) in [5.41, 5.74) is 3.91. The summed E-state index contributed by atoms with van der Waals surface area (Å²) in [4.78, 5) is 12.7. The molecule has 0 spiro atoms. The number of carbonyl (C=O) groups is 1. The number of rotatable bonds is 6. The van der Waals surface area contributed by atoms with Crippen molar-refractivity contribution in [3.05, 3.63) is 95.1 Å².